The summed E-state index contributed by atoms with van der Waals surface area (Å²) in [6.07, 6.45) is -4.69. The van der Waals surface area contributed by atoms with Crippen molar-refractivity contribution in [3.05, 3.63) is 29.3 Å². The Hall–Kier alpha value is -1.80. The molecule has 1 fully saturated rings. The Bertz CT molecular complexity index is 499. The summed E-state index contributed by atoms with van der Waals surface area (Å²) in [6.45, 7) is 2.17. The number of morpholine rings is 1. The highest BCUT2D eigenvalue weighted by atomic mass is 19.4. The van der Waals surface area contributed by atoms with Gasteiger partial charge >= 0.3 is 12.1 Å². The molecule has 8 heteroatoms. The minimum atomic E-state index is -4.69. The van der Waals surface area contributed by atoms with Crippen LogP contribution in [0.2, 0.25) is 0 Å². The van der Waals surface area contributed by atoms with E-state index >= 15 is 0 Å². The molecule has 0 amide bonds. The minimum Gasteiger partial charge on any atom is -0.478 e. The average molecular weight is 290 g/mol. The third kappa shape index (κ3) is 3.40. The lowest BCUT2D eigenvalue weighted by atomic mass is 10.1. The second-order valence-electron chi connectivity index (χ2n) is 4.27. The van der Waals surface area contributed by atoms with Gasteiger partial charge in [-0.05, 0) is 18.2 Å². The summed E-state index contributed by atoms with van der Waals surface area (Å²) in [5, 5.41) is 10.7. The second-order valence-corrected chi connectivity index (χ2v) is 4.27. The molecule has 1 aliphatic heterocycles. The Morgan fingerprint density at radius 1 is 1.30 bits per heavy atom. The zero-order chi connectivity index (χ0) is 14.8. The number of aromatic carboxylic acids is 1. The van der Waals surface area contributed by atoms with Gasteiger partial charge in [0.25, 0.3) is 0 Å². The molecule has 1 saturated heterocycles. The number of rotatable bonds is 3. The number of ether oxygens (including phenoxy) is 1. The van der Waals surface area contributed by atoms with Gasteiger partial charge in [0, 0.05) is 18.8 Å². The maximum absolute atomic E-state index is 12.7. The number of benzene rings is 1. The molecule has 0 aromatic heterocycles. The van der Waals surface area contributed by atoms with Crippen molar-refractivity contribution in [2.24, 2.45) is 0 Å². The van der Waals surface area contributed by atoms with E-state index in [2.05, 4.69) is 5.43 Å². The van der Waals surface area contributed by atoms with Crippen molar-refractivity contribution in [2.45, 2.75) is 6.18 Å². The summed E-state index contributed by atoms with van der Waals surface area (Å²) < 4.78 is 43.2. The Kier molecular flexibility index (Phi) is 4.15. The number of nitrogens with zero attached hydrogens (tertiary/aromatic N) is 1. The van der Waals surface area contributed by atoms with Gasteiger partial charge in [0.1, 0.15) is 0 Å². The molecular formula is C12H13F3N2O3. The molecule has 0 spiro atoms. The van der Waals surface area contributed by atoms with Crippen LogP contribution in [0, 0.1) is 0 Å². The first-order valence-electron chi connectivity index (χ1n) is 5.92. The zero-order valence-corrected chi connectivity index (χ0v) is 10.4. The molecule has 1 heterocycles. The topological polar surface area (TPSA) is 61.8 Å². The number of carboxylic acid groups (broad SMARTS) is 1. The van der Waals surface area contributed by atoms with Gasteiger partial charge in [0.15, 0.2) is 0 Å². The number of alkyl halides is 3. The van der Waals surface area contributed by atoms with Crippen molar-refractivity contribution in [2.75, 3.05) is 31.7 Å². The van der Waals surface area contributed by atoms with Crippen molar-refractivity contribution in [3.63, 3.8) is 0 Å². The van der Waals surface area contributed by atoms with E-state index in [4.69, 9.17) is 9.84 Å². The Labute approximate surface area is 112 Å². The van der Waals surface area contributed by atoms with E-state index in [1.165, 1.54) is 6.07 Å². The molecule has 2 rings (SSSR count). The monoisotopic (exact) mass is 290 g/mol. The highest BCUT2D eigenvalue weighted by Gasteiger charge is 2.35. The van der Waals surface area contributed by atoms with Crippen LogP contribution in [0.15, 0.2) is 18.2 Å². The van der Waals surface area contributed by atoms with Crippen LogP contribution in [-0.2, 0) is 10.9 Å². The van der Waals surface area contributed by atoms with Crippen LogP contribution in [0.3, 0.4) is 0 Å². The molecule has 0 atom stereocenters. The van der Waals surface area contributed by atoms with E-state index in [0.717, 1.165) is 12.1 Å². The smallest absolute Gasteiger partial charge is 0.417 e. The first kappa shape index (κ1) is 14.6. The van der Waals surface area contributed by atoms with Crippen molar-refractivity contribution in [1.29, 1.82) is 0 Å². The lowest BCUT2D eigenvalue weighted by molar-refractivity contribution is -0.138. The number of carboxylic acids is 1. The fourth-order valence-electron chi connectivity index (χ4n) is 1.90. The molecule has 110 valence electrons. The van der Waals surface area contributed by atoms with Gasteiger partial charge in [-0.2, -0.15) is 13.2 Å². The van der Waals surface area contributed by atoms with Crippen LogP contribution >= 0.6 is 0 Å². The first-order chi connectivity index (χ1) is 9.38. The number of hydrogen-bond acceptors (Lipinski definition) is 4. The molecule has 20 heavy (non-hydrogen) atoms. The molecule has 0 saturated carbocycles. The van der Waals surface area contributed by atoms with Gasteiger partial charge in [-0.25, -0.2) is 9.80 Å². The first-order valence-corrected chi connectivity index (χ1v) is 5.92. The summed E-state index contributed by atoms with van der Waals surface area (Å²) in [5.41, 5.74) is 1.26. The van der Waals surface area contributed by atoms with E-state index in [1.54, 1.807) is 5.01 Å². The standard InChI is InChI=1S/C12H13F3N2O3/c13-12(14,15)10-2-1-8(7-9(10)11(18)19)16-17-3-5-20-6-4-17/h1-2,7,16H,3-6H2,(H,18,19). The zero-order valence-electron chi connectivity index (χ0n) is 10.4. The van der Waals surface area contributed by atoms with Gasteiger partial charge in [-0.15, -0.1) is 0 Å². The number of anilines is 1. The summed E-state index contributed by atoms with van der Waals surface area (Å²) in [7, 11) is 0. The van der Waals surface area contributed by atoms with Crippen LogP contribution in [0.1, 0.15) is 15.9 Å². The lowest BCUT2D eigenvalue weighted by Gasteiger charge is -2.28. The number of carbonyl (C=O) groups is 1. The molecule has 1 aromatic carbocycles. The molecule has 5 nitrogen and oxygen atoms in total. The highest BCUT2D eigenvalue weighted by molar-refractivity contribution is 5.90. The predicted octanol–water partition coefficient (Wildman–Crippen LogP) is 2.06. The molecule has 2 N–H and O–H groups in total. The predicted molar refractivity (Wildman–Crippen MR) is 64.4 cm³/mol. The Morgan fingerprint density at radius 3 is 2.50 bits per heavy atom. The van der Waals surface area contributed by atoms with Crippen molar-refractivity contribution >= 4 is 11.7 Å². The van der Waals surface area contributed by atoms with Crippen molar-refractivity contribution < 1.29 is 27.8 Å². The van der Waals surface area contributed by atoms with Crippen LogP contribution in [0.25, 0.3) is 0 Å². The molecule has 0 unspecified atom stereocenters. The van der Waals surface area contributed by atoms with E-state index in [0.29, 0.717) is 32.0 Å². The Morgan fingerprint density at radius 2 is 1.95 bits per heavy atom. The molecule has 0 radical (unpaired) electrons. The lowest BCUT2D eigenvalue weighted by Crippen LogP contribution is -2.40. The largest absolute Gasteiger partial charge is 0.478 e. The van der Waals surface area contributed by atoms with Gasteiger partial charge in [-0.3, -0.25) is 0 Å². The van der Waals surface area contributed by atoms with Crippen molar-refractivity contribution in [3.8, 4) is 0 Å². The molecular weight excluding hydrogens is 277 g/mol. The minimum absolute atomic E-state index is 0.303. The number of hydrogen-bond donors (Lipinski definition) is 2. The van der Waals surface area contributed by atoms with Crippen LogP contribution in [0.4, 0.5) is 18.9 Å². The highest BCUT2D eigenvalue weighted by Crippen LogP contribution is 2.33. The van der Waals surface area contributed by atoms with Gasteiger partial charge in [0.05, 0.1) is 24.3 Å². The summed E-state index contributed by atoms with van der Waals surface area (Å²) in [4.78, 5) is 11.0. The van der Waals surface area contributed by atoms with Crippen LogP contribution < -0.4 is 5.43 Å². The maximum Gasteiger partial charge on any atom is 0.417 e. The fourth-order valence-corrected chi connectivity index (χ4v) is 1.90. The van der Waals surface area contributed by atoms with Crippen molar-refractivity contribution in [1.82, 2.24) is 5.01 Å². The molecule has 1 aromatic rings. The fraction of sp³-hybridized carbons (Fsp3) is 0.417. The Balaban J connectivity index is 2.23. The number of halogens is 3. The van der Waals surface area contributed by atoms with Crippen LogP contribution in [0.5, 0.6) is 0 Å². The van der Waals surface area contributed by atoms with E-state index in [1.807, 2.05) is 0 Å². The quantitative estimate of drug-likeness (QED) is 0.892. The molecule has 0 bridgehead atoms. The van der Waals surface area contributed by atoms with E-state index in [9.17, 15) is 18.0 Å². The van der Waals surface area contributed by atoms with Crippen LogP contribution in [-0.4, -0.2) is 42.4 Å². The third-order valence-corrected chi connectivity index (χ3v) is 2.85. The summed E-state index contributed by atoms with van der Waals surface area (Å²) in [6, 6.07) is 2.97. The average Bonchev–Trinajstić information content (AvgIpc) is 2.38. The number of hydrazine groups is 1. The maximum atomic E-state index is 12.7. The summed E-state index contributed by atoms with van der Waals surface area (Å²) in [5.74, 6) is -1.61. The van der Waals surface area contributed by atoms with E-state index < -0.39 is 23.3 Å². The van der Waals surface area contributed by atoms with Gasteiger partial charge < -0.3 is 15.3 Å². The SMILES string of the molecule is O=C(O)c1cc(NN2CCOCC2)ccc1C(F)(F)F. The summed E-state index contributed by atoms with van der Waals surface area (Å²) >= 11 is 0. The third-order valence-electron chi connectivity index (χ3n) is 2.85. The number of nitrogens with one attached hydrogen (secondary N) is 1. The molecule has 0 aliphatic carbocycles. The normalized spacial score (nSPS) is 16.9. The van der Waals surface area contributed by atoms with Gasteiger partial charge in [-0.1, -0.05) is 0 Å². The molecule has 1 aliphatic rings. The van der Waals surface area contributed by atoms with Gasteiger partial charge in [0.2, 0.25) is 0 Å². The van der Waals surface area contributed by atoms with E-state index in [-0.39, 0.29) is 0 Å². The second kappa shape index (κ2) is 5.68.